The molecule has 0 atom stereocenters. The second-order valence-corrected chi connectivity index (χ2v) is 11.1. The SMILES string of the molecule is Nc1cc(N2CCN(CCC(=O)O)CC2)nc(NCC2CCC(NCCCNC3CCCCC3)CC2)n1. The molecule has 10 heteroatoms. The number of piperazine rings is 1. The number of nitrogens with zero attached hydrogens (tertiary/aromatic N) is 4. The minimum atomic E-state index is -0.746. The maximum atomic E-state index is 10.8. The maximum Gasteiger partial charge on any atom is 0.304 e. The molecule has 0 amide bonds. The second kappa shape index (κ2) is 14.7. The van der Waals surface area contributed by atoms with Crippen LogP contribution in [0.5, 0.6) is 0 Å². The minimum absolute atomic E-state index is 0.185. The smallest absolute Gasteiger partial charge is 0.304 e. The predicted octanol–water partition coefficient (Wildman–Crippen LogP) is 2.53. The standard InChI is InChI=1S/C27H48N8O2/c28-24-19-25(35-17-15-34(16-18-35)14-11-26(36)37)33-27(32-24)31-20-21-7-9-23(10-8-21)30-13-4-12-29-22-5-2-1-3-6-22/h19,21-23,29-30H,1-18,20H2,(H,36,37)(H3,28,31,32,33). The van der Waals surface area contributed by atoms with Gasteiger partial charge in [-0.15, -0.1) is 0 Å². The molecule has 0 aromatic carbocycles. The van der Waals surface area contributed by atoms with E-state index in [-0.39, 0.29) is 6.42 Å². The highest BCUT2D eigenvalue weighted by atomic mass is 16.4. The van der Waals surface area contributed by atoms with Gasteiger partial charge >= 0.3 is 5.97 Å². The molecule has 3 aliphatic rings. The quantitative estimate of drug-likeness (QED) is 0.249. The van der Waals surface area contributed by atoms with Crippen LogP contribution in [0.2, 0.25) is 0 Å². The number of aliphatic carboxylic acids is 1. The van der Waals surface area contributed by atoms with Crippen molar-refractivity contribution in [1.82, 2.24) is 25.5 Å². The Balaban J connectivity index is 1.11. The van der Waals surface area contributed by atoms with Crippen molar-refractivity contribution < 1.29 is 9.90 Å². The minimum Gasteiger partial charge on any atom is -0.481 e. The molecule has 1 aliphatic heterocycles. The Kier molecular flexibility index (Phi) is 11.1. The Morgan fingerprint density at radius 3 is 2.30 bits per heavy atom. The summed E-state index contributed by atoms with van der Waals surface area (Å²) in [6, 6.07) is 3.24. The Morgan fingerprint density at radius 2 is 1.62 bits per heavy atom. The van der Waals surface area contributed by atoms with Gasteiger partial charge in [0.05, 0.1) is 6.42 Å². The van der Waals surface area contributed by atoms with Gasteiger partial charge in [-0.2, -0.15) is 9.97 Å². The molecule has 1 saturated heterocycles. The van der Waals surface area contributed by atoms with Gasteiger partial charge < -0.3 is 31.7 Å². The molecule has 0 radical (unpaired) electrons. The predicted molar refractivity (Wildman–Crippen MR) is 149 cm³/mol. The van der Waals surface area contributed by atoms with Gasteiger partial charge in [0.2, 0.25) is 5.95 Å². The number of nitrogens with one attached hydrogen (secondary N) is 3. The second-order valence-electron chi connectivity index (χ2n) is 11.1. The van der Waals surface area contributed by atoms with Crippen LogP contribution >= 0.6 is 0 Å². The van der Waals surface area contributed by atoms with Gasteiger partial charge in [0.1, 0.15) is 11.6 Å². The van der Waals surface area contributed by atoms with E-state index in [0.29, 0.717) is 30.3 Å². The summed E-state index contributed by atoms with van der Waals surface area (Å²) in [5.74, 6) is 1.82. The monoisotopic (exact) mass is 516 g/mol. The van der Waals surface area contributed by atoms with E-state index in [0.717, 1.165) is 57.7 Å². The third-order valence-corrected chi connectivity index (χ3v) is 8.29. The molecule has 2 aliphatic carbocycles. The summed E-state index contributed by atoms with van der Waals surface area (Å²) in [6.07, 6.45) is 13.2. The molecule has 2 heterocycles. The van der Waals surface area contributed by atoms with Gasteiger partial charge in [0, 0.05) is 57.4 Å². The van der Waals surface area contributed by atoms with Crippen LogP contribution in [0.1, 0.15) is 70.6 Å². The van der Waals surface area contributed by atoms with Crippen LogP contribution in [0.3, 0.4) is 0 Å². The van der Waals surface area contributed by atoms with Gasteiger partial charge in [-0.25, -0.2) is 0 Å². The first-order valence-electron chi connectivity index (χ1n) is 14.6. The van der Waals surface area contributed by atoms with Crippen LogP contribution in [0, 0.1) is 5.92 Å². The zero-order valence-electron chi connectivity index (χ0n) is 22.5. The molecular weight excluding hydrogens is 468 g/mol. The molecule has 37 heavy (non-hydrogen) atoms. The van der Waals surface area contributed by atoms with E-state index < -0.39 is 5.97 Å². The lowest BCUT2D eigenvalue weighted by Gasteiger charge is -2.35. The number of rotatable bonds is 13. The molecule has 1 aromatic rings. The average Bonchev–Trinajstić information content (AvgIpc) is 2.92. The molecule has 0 bridgehead atoms. The Bertz CT molecular complexity index is 819. The highest BCUT2D eigenvalue weighted by molar-refractivity contribution is 5.66. The molecule has 0 spiro atoms. The van der Waals surface area contributed by atoms with E-state index in [1.54, 1.807) is 0 Å². The third kappa shape index (κ3) is 9.57. The first kappa shape index (κ1) is 27.9. The zero-order valence-corrected chi connectivity index (χ0v) is 22.5. The van der Waals surface area contributed by atoms with Crippen molar-refractivity contribution in [2.45, 2.75) is 82.7 Å². The van der Waals surface area contributed by atoms with E-state index >= 15 is 0 Å². The average molecular weight is 517 g/mol. The van der Waals surface area contributed by atoms with Gasteiger partial charge in [-0.1, -0.05) is 19.3 Å². The fourth-order valence-electron chi connectivity index (χ4n) is 5.96. The van der Waals surface area contributed by atoms with E-state index in [9.17, 15) is 4.79 Å². The fourth-order valence-corrected chi connectivity index (χ4v) is 5.96. The van der Waals surface area contributed by atoms with Gasteiger partial charge in [0.15, 0.2) is 0 Å². The lowest BCUT2D eigenvalue weighted by Crippen LogP contribution is -2.47. The zero-order chi connectivity index (χ0) is 25.9. The third-order valence-electron chi connectivity index (χ3n) is 8.29. The molecule has 10 nitrogen and oxygen atoms in total. The summed E-state index contributed by atoms with van der Waals surface area (Å²) in [7, 11) is 0. The number of aromatic nitrogens is 2. The van der Waals surface area contributed by atoms with Crippen molar-refractivity contribution in [3.63, 3.8) is 0 Å². The first-order valence-corrected chi connectivity index (χ1v) is 14.6. The number of carboxylic acid groups (broad SMARTS) is 1. The Morgan fingerprint density at radius 1 is 0.946 bits per heavy atom. The molecule has 0 unspecified atom stereocenters. The topological polar surface area (TPSA) is 132 Å². The van der Waals surface area contributed by atoms with Crippen LogP contribution < -0.4 is 26.6 Å². The number of hydrogen-bond acceptors (Lipinski definition) is 9. The van der Waals surface area contributed by atoms with E-state index in [4.69, 9.17) is 15.8 Å². The summed E-state index contributed by atoms with van der Waals surface area (Å²) in [5.41, 5.74) is 6.11. The maximum absolute atomic E-state index is 10.8. The molecule has 4 rings (SSSR count). The Labute approximate surface area is 222 Å². The Hall–Kier alpha value is -2.17. The molecule has 6 N–H and O–H groups in total. The van der Waals surface area contributed by atoms with Gasteiger partial charge in [0.25, 0.3) is 0 Å². The summed E-state index contributed by atoms with van der Waals surface area (Å²) in [4.78, 5) is 24.4. The van der Waals surface area contributed by atoms with E-state index in [1.807, 2.05) is 6.07 Å². The van der Waals surface area contributed by atoms with Crippen LogP contribution in [0.4, 0.5) is 17.6 Å². The van der Waals surface area contributed by atoms with Crippen LogP contribution in [-0.2, 0) is 4.79 Å². The molecular formula is C27H48N8O2. The van der Waals surface area contributed by atoms with Crippen molar-refractivity contribution in [3.8, 4) is 0 Å². The number of carbonyl (C=O) groups is 1. The molecule has 208 valence electrons. The summed E-state index contributed by atoms with van der Waals surface area (Å²) in [6.45, 7) is 7.00. The van der Waals surface area contributed by atoms with Crippen LogP contribution in [0.15, 0.2) is 6.07 Å². The number of hydrogen-bond donors (Lipinski definition) is 5. The van der Waals surface area contributed by atoms with Crippen molar-refractivity contribution >= 4 is 23.6 Å². The number of anilines is 3. The lowest BCUT2D eigenvalue weighted by atomic mass is 9.86. The van der Waals surface area contributed by atoms with Gasteiger partial charge in [-0.05, 0) is 64.0 Å². The number of nitrogens with two attached hydrogens (primary N) is 1. The molecule has 1 aromatic heterocycles. The first-order chi connectivity index (χ1) is 18.0. The fraction of sp³-hybridized carbons (Fsp3) is 0.815. The van der Waals surface area contributed by atoms with Crippen molar-refractivity contribution in [1.29, 1.82) is 0 Å². The van der Waals surface area contributed by atoms with Crippen LogP contribution in [0.25, 0.3) is 0 Å². The number of nitrogen functional groups attached to an aromatic ring is 1. The van der Waals surface area contributed by atoms with Crippen molar-refractivity contribution in [2.24, 2.45) is 5.92 Å². The van der Waals surface area contributed by atoms with E-state index in [2.05, 4.69) is 30.7 Å². The highest BCUT2D eigenvalue weighted by Crippen LogP contribution is 2.25. The van der Waals surface area contributed by atoms with E-state index in [1.165, 1.54) is 64.2 Å². The van der Waals surface area contributed by atoms with Gasteiger partial charge in [-0.3, -0.25) is 9.69 Å². The number of carboxylic acids is 1. The van der Waals surface area contributed by atoms with Crippen molar-refractivity contribution in [2.75, 3.05) is 68.3 Å². The largest absolute Gasteiger partial charge is 0.481 e. The lowest BCUT2D eigenvalue weighted by molar-refractivity contribution is -0.137. The van der Waals surface area contributed by atoms with Crippen LogP contribution in [-0.4, -0.2) is 90.4 Å². The van der Waals surface area contributed by atoms with Crippen molar-refractivity contribution in [3.05, 3.63) is 6.07 Å². The summed E-state index contributed by atoms with van der Waals surface area (Å²) < 4.78 is 0. The normalized spacial score (nSPS) is 23.7. The molecule has 2 saturated carbocycles. The summed E-state index contributed by atoms with van der Waals surface area (Å²) in [5, 5.41) is 19.9. The highest BCUT2D eigenvalue weighted by Gasteiger charge is 2.22. The molecule has 3 fully saturated rings. The summed E-state index contributed by atoms with van der Waals surface area (Å²) >= 11 is 0.